The summed E-state index contributed by atoms with van der Waals surface area (Å²) in [6.45, 7) is 2.77. The van der Waals surface area contributed by atoms with E-state index in [0.29, 0.717) is 25.1 Å². The summed E-state index contributed by atoms with van der Waals surface area (Å²) in [7, 11) is 0. The van der Waals surface area contributed by atoms with Crippen LogP contribution in [0, 0.1) is 0 Å². The van der Waals surface area contributed by atoms with Gasteiger partial charge in [-0.3, -0.25) is 9.59 Å². The largest absolute Gasteiger partial charge is 0.351 e. The van der Waals surface area contributed by atoms with Gasteiger partial charge in [0.25, 0.3) is 5.91 Å². The zero-order valence-corrected chi connectivity index (χ0v) is 15.9. The highest BCUT2D eigenvalue weighted by Gasteiger charge is 2.19. The Morgan fingerprint density at radius 2 is 1.64 bits per heavy atom. The summed E-state index contributed by atoms with van der Waals surface area (Å²) in [6, 6.07) is 18.1. The summed E-state index contributed by atoms with van der Waals surface area (Å²) >= 11 is 0. The number of rotatable bonds is 6. The molecule has 0 spiro atoms. The highest BCUT2D eigenvalue weighted by Crippen LogP contribution is 2.22. The third-order valence-corrected chi connectivity index (χ3v) is 5.31. The predicted molar refractivity (Wildman–Crippen MR) is 110 cm³/mol. The van der Waals surface area contributed by atoms with Crippen LogP contribution >= 0.6 is 0 Å². The van der Waals surface area contributed by atoms with Gasteiger partial charge in [-0.25, -0.2) is 0 Å². The van der Waals surface area contributed by atoms with Gasteiger partial charge < -0.3 is 14.8 Å². The number of aromatic nitrogens is 1. The van der Waals surface area contributed by atoms with E-state index in [4.69, 9.17) is 0 Å². The van der Waals surface area contributed by atoms with Gasteiger partial charge in [0.15, 0.2) is 0 Å². The summed E-state index contributed by atoms with van der Waals surface area (Å²) < 4.78 is 2.11. The van der Waals surface area contributed by atoms with Gasteiger partial charge in [0, 0.05) is 49.7 Å². The molecule has 28 heavy (non-hydrogen) atoms. The molecule has 1 saturated heterocycles. The first-order chi connectivity index (χ1) is 13.7. The normalized spacial score (nSPS) is 13.8. The van der Waals surface area contributed by atoms with Gasteiger partial charge in [-0.1, -0.05) is 48.5 Å². The molecule has 0 atom stereocenters. The van der Waals surface area contributed by atoms with Crippen LogP contribution in [0.2, 0.25) is 0 Å². The minimum absolute atomic E-state index is 0.128. The van der Waals surface area contributed by atoms with Crippen molar-refractivity contribution in [3.8, 4) is 0 Å². The number of benzene rings is 2. The van der Waals surface area contributed by atoms with Crippen molar-refractivity contribution in [1.82, 2.24) is 14.8 Å². The first kappa shape index (κ1) is 18.3. The fourth-order valence-electron chi connectivity index (χ4n) is 3.84. The molecule has 1 aliphatic heterocycles. The molecule has 0 bridgehead atoms. The third-order valence-electron chi connectivity index (χ3n) is 5.31. The fraction of sp³-hybridized carbons (Fsp3) is 0.304. The lowest BCUT2D eigenvalue weighted by atomic mass is 10.1. The number of carbonyl (C=O) groups excluding carboxylic acids is 2. The average Bonchev–Trinajstić information content (AvgIpc) is 3.38. The van der Waals surface area contributed by atoms with Gasteiger partial charge in [0.05, 0.1) is 5.56 Å². The van der Waals surface area contributed by atoms with E-state index in [9.17, 15) is 9.59 Å². The molecule has 3 aromatic rings. The zero-order valence-electron chi connectivity index (χ0n) is 15.9. The quantitative estimate of drug-likeness (QED) is 0.718. The van der Waals surface area contributed by atoms with E-state index >= 15 is 0 Å². The van der Waals surface area contributed by atoms with Crippen molar-refractivity contribution in [3.63, 3.8) is 0 Å². The van der Waals surface area contributed by atoms with Crippen LogP contribution in [0.25, 0.3) is 10.9 Å². The third kappa shape index (κ3) is 3.93. The topological polar surface area (TPSA) is 54.3 Å². The Kier molecular flexibility index (Phi) is 5.42. The lowest BCUT2D eigenvalue weighted by Gasteiger charge is -2.15. The number of nitrogens with zero attached hydrogens (tertiary/aromatic N) is 2. The van der Waals surface area contributed by atoms with E-state index in [1.54, 1.807) is 0 Å². The number of likely N-dealkylation sites (tertiary alicyclic amines) is 1. The molecular formula is C23H25N3O2. The van der Waals surface area contributed by atoms with Crippen LogP contribution in [0.15, 0.2) is 60.8 Å². The molecule has 4 rings (SSSR count). The smallest absolute Gasteiger partial charge is 0.253 e. The number of carbonyl (C=O) groups is 2. The molecule has 144 valence electrons. The molecule has 1 fully saturated rings. The van der Waals surface area contributed by atoms with E-state index in [1.165, 1.54) is 5.56 Å². The SMILES string of the molecule is O=C(NCCC(=O)N1CCCC1)c1cn(Cc2ccccc2)c2ccccc12. The molecule has 5 nitrogen and oxygen atoms in total. The molecule has 0 saturated carbocycles. The Balaban J connectivity index is 1.46. The van der Waals surface area contributed by atoms with Crippen LogP contribution in [-0.4, -0.2) is 40.9 Å². The highest BCUT2D eigenvalue weighted by molar-refractivity contribution is 6.07. The number of fused-ring (bicyclic) bond motifs is 1. The molecule has 2 aromatic carbocycles. The van der Waals surface area contributed by atoms with Crippen molar-refractivity contribution in [3.05, 3.63) is 71.9 Å². The lowest BCUT2D eigenvalue weighted by molar-refractivity contribution is -0.129. The summed E-state index contributed by atoms with van der Waals surface area (Å²) in [6.07, 6.45) is 4.43. The Bertz CT molecular complexity index is 972. The molecule has 1 aromatic heterocycles. The fourth-order valence-corrected chi connectivity index (χ4v) is 3.84. The van der Waals surface area contributed by atoms with Crippen molar-refractivity contribution >= 4 is 22.7 Å². The number of nitrogens with one attached hydrogen (secondary N) is 1. The van der Waals surface area contributed by atoms with Crippen LogP contribution < -0.4 is 5.32 Å². The Hall–Kier alpha value is -3.08. The summed E-state index contributed by atoms with van der Waals surface area (Å²) in [5.74, 6) is 0.00143. The maximum Gasteiger partial charge on any atom is 0.253 e. The number of hydrogen-bond acceptors (Lipinski definition) is 2. The molecule has 1 aliphatic rings. The Labute approximate surface area is 165 Å². The second kappa shape index (κ2) is 8.30. The van der Waals surface area contributed by atoms with Crippen molar-refractivity contribution in [2.24, 2.45) is 0 Å². The van der Waals surface area contributed by atoms with Crippen LogP contribution in [-0.2, 0) is 11.3 Å². The first-order valence-corrected chi connectivity index (χ1v) is 9.90. The molecule has 1 N–H and O–H groups in total. The van der Waals surface area contributed by atoms with Crippen molar-refractivity contribution in [2.45, 2.75) is 25.8 Å². The summed E-state index contributed by atoms with van der Waals surface area (Å²) in [5, 5.41) is 3.86. The van der Waals surface area contributed by atoms with Crippen molar-refractivity contribution in [1.29, 1.82) is 0 Å². The van der Waals surface area contributed by atoms with E-state index in [2.05, 4.69) is 22.0 Å². The lowest BCUT2D eigenvalue weighted by Crippen LogP contribution is -2.32. The second-order valence-electron chi connectivity index (χ2n) is 7.27. The van der Waals surface area contributed by atoms with E-state index in [0.717, 1.165) is 36.8 Å². The standard InChI is InChI=1S/C23H25N3O2/c27-22(25-14-6-7-15-25)12-13-24-23(28)20-17-26(16-18-8-2-1-3-9-18)21-11-5-4-10-19(20)21/h1-5,8-11,17H,6-7,12-16H2,(H,24,28). The predicted octanol–water partition coefficient (Wildman–Crippen LogP) is 3.43. The van der Waals surface area contributed by atoms with Gasteiger partial charge in [-0.05, 0) is 24.5 Å². The Morgan fingerprint density at radius 1 is 0.929 bits per heavy atom. The zero-order chi connectivity index (χ0) is 19.3. The summed E-state index contributed by atoms with van der Waals surface area (Å²) in [5.41, 5.74) is 2.87. The first-order valence-electron chi connectivity index (χ1n) is 9.90. The maximum absolute atomic E-state index is 12.8. The average molecular weight is 375 g/mol. The van der Waals surface area contributed by atoms with Gasteiger partial charge in [0.1, 0.15) is 0 Å². The number of amides is 2. The Morgan fingerprint density at radius 3 is 2.43 bits per heavy atom. The molecule has 0 unspecified atom stereocenters. The van der Waals surface area contributed by atoms with Crippen molar-refractivity contribution in [2.75, 3.05) is 19.6 Å². The van der Waals surface area contributed by atoms with Crippen LogP contribution in [0.4, 0.5) is 0 Å². The van der Waals surface area contributed by atoms with Gasteiger partial charge in [-0.15, -0.1) is 0 Å². The van der Waals surface area contributed by atoms with Gasteiger partial charge in [-0.2, -0.15) is 0 Å². The monoisotopic (exact) mass is 375 g/mol. The molecule has 0 radical (unpaired) electrons. The van der Waals surface area contributed by atoms with Gasteiger partial charge in [0.2, 0.25) is 5.91 Å². The number of hydrogen-bond donors (Lipinski definition) is 1. The minimum Gasteiger partial charge on any atom is -0.351 e. The molecule has 5 heteroatoms. The number of para-hydroxylation sites is 1. The molecular weight excluding hydrogens is 350 g/mol. The summed E-state index contributed by atoms with van der Waals surface area (Å²) in [4.78, 5) is 26.8. The van der Waals surface area contributed by atoms with Crippen molar-refractivity contribution < 1.29 is 9.59 Å². The van der Waals surface area contributed by atoms with E-state index in [-0.39, 0.29) is 11.8 Å². The van der Waals surface area contributed by atoms with Crippen LogP contribution in [0.5, 0.6) is 0 Å². The molecule has 2 heterocycles. The molecule has 0 aliphatic carbocycles. The van der Waals surface area contributed by atoms with E-state index in [1.807, 2.05) is 53.6 Å². The molecule has 2 amide bonds. The highest BCUT2D eigenvalue weighted by atomic mass is 16.2. The van der Waals surface area contributed by atoms with Crippen LogP contribution in [0.3, 0.4) is 0 Å². The minimum atomic E-state index is -0.128. The maximum atomic E-state index is 12.8. The van der Waals surface area contributed by atoms with Gasteiger partial charge >= 0.3 is 0 Å². The second-order valence-corrected chi connectivity index (χ2v) is 7.27. The van der Waals surface area contributed by atoms with Crippen LogP contribution in [0.1, 0.15) is 35.2 Å². The van der Waals surface area contributed by atoms with E-state index < -0.39 is 0 Å².